The lowest BCUT2D eigenvalue weighted by Crippen LogP contribution is -2.27. The summed E-state index contributed by atoms with van der Waals surface area (Å²) in [6.45, 7) is 4.29. The summed E-state index contributed by atoms with van der Waals surface area (Å²) in [5, 5.41) is 3.52. The van der Waals surface area contributed by atoms with E-state index >= 15 is 0 Å². The highest BCUT2D eigenvalue weighted by Crippen LogP contribution is 2.30. The molecule has 1 aromatic carbocycles. The predicted octanol–water partition coefficient (Wildman–Crippen LogP) is 2.68. The number of nitrogens with one attached hydrogen (secondary N) is 1. The third-order valence-electron chi connectivity index (χ3n) is 3.06. The number of methoxy groups -OCH3 is 1. The zero-order valence-corrected chi connectivity index (χ0v) is 11.1. The van der Waals surface area contributed by atoms with Crippen LogP contribution in [0.3, 0.4) is 0 Å². The van der Waals surface area contributed by atoms with Crippen molar-refractivity contribution in [2.75, 3.05) is 32.2 Å². The second kappa shape index (κ2) is 6.50. The Kier molecular flexibility index (Phi) is 4.70. The van der Waals surface area contributed by atoms with Crippen molar-refractivity contribution in [3.63, 3.8) is 0 Å². The zero-order chi connectivity index (χ0) is 12.8. The van der Waals surface area contributed by atoms with Crippen LogP contribution in [-0.4, -0.2) is 33.0 Å². The standard InChI is InChI=1S/C14H21NO3/c1-3-18-14-10-12(4-5-13(14)16-2)15-11-6-8-17-9-7-11/h4-5,10-11,15H,3,6-9H2,1-2H3. The fraction of sp³-hybridized carbons (Fsp3) is 0.571. The summed E-state index contributed by atoms with van der Waals surface area (Å²) in [7, 11) is 1.66. The lowest BCUT2D eigenvalue weighted by atomic mass is 10.1. The lowest BCUT2D eigenvalue weighted by Gasteiger charge is -2.24. The fourth-order valence-electron chi connectivity index (χ4n) is 2.11. The molecule has 0 saturated carbocycles. The van der Waals surface area contributed by atoms with Crippen LogP contribution < -0.4 is 14.8 Å². The largest absolute Gasteiger partial charge is 0.493 e. The van der Waals surface area contributed by atoms with E-state index in [9.17, 15) is 0 Å². The summed E-state index contributed by atoms with van der Waals surface area (Å²) in [6.07, 6.45) is 2.10. The Morgan fingerprint density at radius 2 is 2.06 bits per heavy atom. The molecular formula is C14H21NO3. The first-order valence-corrected chi connectivity index (χ1v) is 6.48. The molecule has 1 saturated heterocycles. The van der Waals surface area contributed by atoms with Crippen molar-refractivity contribution in [3.8, 4) is 11.5 Å². The SMILES string of the molecule is CCOc1cc(NC2CCOCC2)ccc1OC. The summed E-state index contributed by atoms with van der Waals surface area (Å²) >= 11 is 0. The maximum Gasteiger partial charge on any atom is 0.163 e. The Bertz CT molecular complexity index is 375. The van der Waals surface area contributed by atoms with Gasteiger partial charge in [0.15, 0.2) is 11.5 Å². The molecule has 1 aliphatic rings. The molecule has 4 heteroatoms. The molecule has 2 rings (SSSR count). The van der Waals surface area contributed by atoms with Gasteiger partial charge >= 0.3 is 0 Å². The molecule has 4 nitrogen and oxygen atoms in total. The van der Waals surface area contributed by atoms with Crippen LogP contribution >= 0.6 is 0 Å². The summed E-state index contributed by atoms with van der Waals surface area (Å²) in [5.41, 5.74) is 1.08. The molecule has 1 fully saturated rings. The van der Waals surface area contributed by atoms with Gasteiger partial charge in [0, 0.05) is 31.0 Å². The van der Waals surface area contributed by atoms with E-state index in [0.29, 0.717) is 12.6 Å². The Labute approximate surface area is 108 Å². The normalized spacial score (nSPS) is 16.3. The first-order chi connectivity index (χ1) is 8.83. The van der Waals surface area contributed by atoms with Crippen molar-refractivity contribution < 1.29 is 14.2 Å². The lowest BCUT2D eigenvalue weighted by molar-refractivity contribution is 0.0904. The van der Waals surface area contributed by atoms with Crippen molar-refractivity contribution in [2.24, 2.45) is 0 Å². The molecule has 1 heterocycles. The number of ether oxygens (including phenoxy) is 3. The number of anilines is 1. The van der Waals surface area contributed by atoms with E-state index in [-0.39, 0.29) is 0 Å². The van der Waals surface area contributed by atoms with Crippen LogP contribution in [0.15, 0.2) is 18.2 Å². The van der Waals surface area contributed by atoms with Crippen LogP contribution in [0.5, 0.6) is 11.5 Å². The molecule has 1 N–H and O–H groups in total. The number of hydrogen-bond donors (Lipinski definition) is 1. The smallest absolute Gasteiger partial charge is 0.163 e. The topological polar surface area (TPSA) is 39.7 Å². The predicted molar refractivity (Wildman–Crippen MR) is 71.6 cm³/mol. The number of benzene rings is 1. The Hall–Kier alpha value is -1.42. The molecule has 0 aromatic heterocycles. The van der Waals surface area contributed by atoms with Crippen LogP contribution in [0.25, 0.3) is 0 Å². The highest BCUT2D eigenvalue weighted by atomic mass is 16.5. The van der Waals surface area contributed by atoms with E-state index in [1.807, 2.05) is 25.1 Å². The quantitative estimate of drug-likeness (QED) is 0.873. The van der Waals surface area contributed by atoms with E-state index < -0.39 is 0 Å². The van der Waals surface area contributed by atoms with E-state index in [0.717, 1.165) is 43.2 Å². The van der Waals surface area contributed by atoms with Gasteiger partial charge in [-0.05, 0) is 31.9 Å². The van der Waals surface area contributed by atoms with E-state index in [1.165, 1.54) is 0 Å². The molecule has 0 atom stereocenters. The van der Waals surface area contributed by atoms with Gasteiger partial charge in [0.2, 0.25) is 0 Å². The van der Waals surface area contributed by atoms with E-state index in [4.69, 9.17) is 14.2 Å². The number of hydrogen-bond acceptors (Lipinski definition) is 4. The minimum atomic E-state index is 0.488. The summed E-state index contributed by atoms with van der Waals surface area (Å²) < 4.78 is 16.2. The molecule has 100 valence electrons. The Balaban J connectivity index is 2.05. The molecular weight excluding hydrogens is 230 g/mol. The molecule has 0 unspecified atom stereocenters. The first-order valence-electron chi connectivity index (χ1n) is 6.48. The molecule has 18 heavy (non-hydrogen) atoms. The van der Waals surface area contributed by atoms with Gasteiger partial charge in [-0.25, -0.2) is 0 Å². The van der Waals surface area contributed by atoms with Crippen LogP contribution in [0, 0.1) is 0 Å². The van der Waals surface area contributed by atoms with Gasteiger partial charge in [0.25, 0.3) is 0 Å². The molecule has 0 bridgehead atoms. The Morgan fingerprint density at radius 3 is 2.72 bits per heavy atom. The number of rotatable bonds is 5. The average Bonchev–Trinajstić information content (AvgIpc) is 2.41. The van der Waals surface area contributed by atoms with Crippen LogP contribution in [0.2, 0.25) is 0 Å². The van der Waals surface area contributed by atoms with Gasteiger partial charge in [-0.1, -0.05) is 0 Å². The van der Waals surface area contributed by atoms with Crippen molar-refractivity contribution in [1.29, 1.82) is 0 Å². The van der Waals surface area contributed by atoms with Crippen LogP contribution in [0.1, 0.15) is 19.8 Å². The molecule has 0 spiro atoms. The highest BCUT2D eigenvalue weighted by Gasteiger charge is 2.14. The van der Waals surface area contributed by atoms with Crippen LogP contribution in [0.4, 0.5) is 5.69 Å². The van der Waals surface area contributed by atoms with Crippen molar-refractivity contribution in [2.45, 2.75) is 25.8 Å². The third kappa shape index (κ3) is 3.29. The summed E-state index contributed by atoms with van der Waals surface area (Å²) in [6, 6.07) is 6.45. The molecule has 0 radical (unpaired) electrons. The maximum atomic E-state index is 5.57. The molecule has 1 aromatic rings. The monoisotopic (exact) mass is 251 g/mol. The van der Waals surface area contributed by atoms with E-state index in [2.05, 4.69) is 5.32 Å². The average molecular weight is 251 g/mol. The highest BCUT2D eigenvalue weighted by molar-refractivity contribution is 5.55. The first kappa shape index (κ1) is 13.0. The minimum absolute atomic E-state index is 0.488. The van der Waals surface area contributed by atoms with Crippen molar-refractivity contribution >= 4 is 5.69 Å². The van der Waals surface area contributed by atoms with Crippen molar-refractivity contribution in [1.82, 2.24) is 0 Å². The summed E-state index contributed by atoms with van der Waals surface area (Å²) in [5.74, 6) is 1.56. The van der Waals surface area contributed by atoms with Crippen molar-refractivity contribution in [3.05, 3.63) is 18.2 Å². The van der Waals surface area contributed by atoms with Gasteiger partial charge in [0.1, 0.15) is 0 Å². The van der Waals surface area contributed by atoms with Gasteiger partial charge < -0.3 is 19.5 Å². The van der Waals surface area contributed by atoms with Gasteiger partial charge in [0.05, 0.1) is 13.7 Å². The summed E-state index contributed by atoms with van der Waals surface area (Å²) in [4.78, 5) is 0. The Morgan fingerprint density at radius 1 is 1.28 bits per heavy atom. The van der Waals surface area contributed by atoms with E-state index in [1.54, 1.807) is 7.11 Å². The van der Waals surface area contributed by atoms with Gasteiger partial charge in [-0.2, -0.15) is 0 Å². The third-order valence-corrected chi connectivity index (χ3v) is 3.06. The maximum absolute atomic E-state index is 5.57. The second-order valence-corrected chi connectivity index (χ2v) is 4.33. The van der Waals surface area contributed by atoms with Crippen LogP contribution in [-0.2, 0) is 4.74 Å². The minimum Gasteiger partial charge on any atom is -0.493 e. The van der Waals surface area contributed by atoms with Gasteiger partial charge in [-0.15, -0.1) is 0 Å². The van der Waals surface area contributed by atoms with Gasteiger partial charge in [-0.3, -0.25) is 0 Å². The molecule has 0 amide bonds. The zero-order valence-electron chi connectivity index (χ0n) is 11.1. The molecule has 0 aliphatic carbocycles. The second-order valence-electron chi connectivity index (χ2n) is 4.33. The fourth-order valence-corrected chi connectivity index (χ4v) is 2.11. The molecule has 1 aliphatic heterocycles.